The summed E-state index contributed by atoms with van der Waals surface area (Å²) in [4.78, 5) is 17.2. The van der Waals surface area contributed by atoms with E-state index in [2.05, 4.69) is 15.8 Å². The summed E-state index contributed by atoms with van der Waals surface area (Å²) in [6.45, 7) is 3.93. The highest BCUT2D eigenvalue weighted by Gasteiger charge is 2.41. The Bertz CT molecular complexity index is 546. The van der Waals surface area contributed by atoms with Crippen LogP contribution < -0.4 is 10.6 Å². The van der Waals surface area contributed by atoms with Crippen molar-refractivity contribution in [2.75, 3.05) is 13.1 Å². The van der Waals surface area contributed by atoms with Crippen molar-refractivity contribution in [2.45, 2.75) is 38.3 Å². The first kappa shape index (κ1) is 13.9. The lowest BCUT2D eigenvalue weighted by atomic mass is 9.89. The number of hydrogen-bond acceptors (Lipinski definition) is 6. The number of carbonyl (C=O) groups excluding carboxylic acids is 1. The summed E-state index contributed by atoms with van der Waals surface area (Å²) in [5.41, 5.74) is -0.293. The second-order valence-corrected chi connectivity index (χ2v) is 5.44. The first-order valence-electron chi connectivity index (χ1n) is 7.12. The maximum atomic E-state index is 11.7. The van der Waals surface area contributed by atoms with Crippen LogP contribution in [0.15, 0.2) is 21.7 Å². The highest BCUT2D eigenvalue weighted by atomic mass is 16.7. The summed E-state index contributed by atoms with van der Waals surface area (Å²) in [6, 6.07) is 3.66. The molecule has 1 amide bonds. The Morgan fingerprint density at radius 2 is 2.29 bits per heavy atom. The molecule has 0 aliphatic carbocycles. The fraction of sp³-hybridized carbons (Fsp3) is 0.571. The van der Waals surface area contributed by atoms with Crippen LogP contribution in [0.5, 0.6) is 0 Å². The van der Waals surface area contributed by atoms with Gasteiger partial charge in [0.15, 0.2) is 0 Å². The quantitative estimate of drug-likeness (QED) is 0.866. The molecule has 0 radical (unpaired) electrons. The van der Waals surface area contributed by atoms with Crippen molar-refractivity contribution < 1.29 is 18.8 Å². The van der Waals surface area contributed by atoms with Gasteiger partial charge in [0.1, 0.15) is 17.1 Å². The van der Waals surface area contributed by atoms with E-state index in [1.54, 1.807) is 0 Å². The molecular formula is C14H19N3O4. The molecule has 21 heavy (non-hydrogen) atoms. The van der Waals surface area contributed by atoms with Gasteiger partial charge < -0.3 is 24.6 Å². The molecule has 1 aromatic rings. The minimum absolute atomic E-state index is 0.288. The Morgan fingerprint density at radius 3 is 3.00 bits per heavy atom. The van der Waals surface area contributed by atoms with E-state index >= 15 is 0 Å². The molecule has 1 spiro atoms. The van der Waals surface area contributed by atoms with Gasteiger partial charge in [-0.3, -0.25) is 0 Å². The minimum atomic E-state index is -0.544. The van der Waals surface area contributed by atoms with Crippen LogP contribution in [-0.2, 0) is 16.1 Å². The highest BCUT2D eigenvalue weighted by Crippen LogP contribution is 2.32. The van der Waals surface area contributed by atoms with Crippen molar-refractivity contribution >= 4 is 12.0 Å². The lowest BCUT2D eigenvalue weighted by Crippen LogP contribution is -2.42. The van der Waals surface area contributed by atoms with E-state index in [9.17, 15) is 4.79 Å². The second-order valence-electron chi connectivity index (χ2n) is 5.44. The number of hydrogen-bond donors (Lipinski definition) is 2. The highest BCUT2D eigenvalue weighted by molar-refractivity contribution is 5.89. The first-order valence-corrected chi connectivity index (χ1v) is 7.12. The van der Waals surface area contributed by atoms with Gasteiger partial charge in [0, 0.05) is 12.8 Å². The lowest BCUT2D eigenvalue weighted by Gasteiger charge is -2.30. The normalized spacial score (nSPS) is 20.0. The zero-order chi connectivity index (χ0) is 14.7. The topological polar surface area (TPSA) is 85.1 Å². The van der Waals surface area contributed by atoms with Crippen molar-refractivity contribution in [1.29, 1.82) is 0 Å². The fourth-order valence-electron chi connectivity index (χ4n) is 2.58. The van der Waals surface area contributed by atoms with E-state index in [0.29, 0.717) is 18.1 Å². The Balaban J connectivity index is 1.45. The predicted molar refractivity (Wildman–Crippen MR) is 74.7 cm³/mol. The third-order valence-electron chi connectivity index (χ3n) is 3.74. The van der Waals surface area contributed by atoms with Gasteiger partial charge in [0.25, 0.3) is 0 Å². The number of amides is 1. The minimum Gasteiger partial charge on any atom is -0.465 e. The van der Waals surface area contributed by atoms with E-state index in [1.807, 2.05) is 19.1 Å². The van der Waals surface area contributed by atoms with E-state index < -0.39 is 6.09 Å². The van der Waals surface area contributed by atoms with Crippen molar-refractivity contribution in [3.8, 4) is 0 Å². The van der Waals surface area contributed by atoms with Crippen molar-refractivity contribution in [2.24, 2.45) is 5.16 Å². The number of carbonyl (C=O) groups is 1. The van der Waals surface area contributed by atoms with E-state index in [0.717, 1.165) is 31.7 Å². The van der Waals surface area contributed by atoms with Gasteiger partial charge in [-0.25, -0.2) is 4.79 Å². The molecule has 1 aromatic heterocycles. The van der Waals surface area contributed by atoms with Crippen LogP contribution in [0.1, 0.15) is 30.8 Å². The fourth-order valence-corrected chi connectivity index (χ4v) is 2.58. The van der Waals surface area contributed by atoms with Crippen LogP contribution in [0.3, 0.4) is 0 Å². The van der Waals surface area contributed by atoms with Gasteiger partial charge in [-0.2, -0.15) is 0 Å². The van der Waals surface area contributed by atoms with Gasteiger partial charge in [-0.05, 0) is 32.1 Å². The van der Waals surface area contributed by atoms with E-state index in [-0.39, 0.29) is 12.1 Å². The second kappa shape index (κ2) is 5.77. The molecule has 1 fully saturated rings. The van der Waals surface area contributed by atoms with E-state index in [4.69, 9.17) is 14.0 Å². The molecule has 3 rings (SSSR count). The number of alkyl carbamates (subject to hydrolysis) is 1. The number of ether oxygens (including phenoxy) is 1. The molecule has 0 aromatic carbocycles. The van der Waals surface area contributed by atoms with Crippen LogP contribution in [-0.4, -0.2) is 30.7 Å². The molecule has 1 saturated heterocycles. The average Bonchev–Trinajstić information content (AvgIpc) is 3.05. The molecule has 2 aliphatic heterocycles. The summed E-state index contributed by atoms with van der Waals surface area (Å²) < 4.78 is 10.5. The summed E-state index contributed by atoms with van der Waals surface area (Å²) >= 11 is 0. The summed E-state index contributed by atoms with van der Waals surface area (Å²) in [6.07, 6.45) is 1.74. The summed E-state index contributed by atoms with van der Waals surface area (Å²) in [5.74, 6) is 1.83. The molecule has 7 heteroatoms. The number of aryl methyl sites for hydroxylation is 1. The van der Waals surface area contributed by atoms with E-state index in [1.165, 1.54) is 0 Å². The number of oxime groups is 1. The van der Waals surface area contributed by atoms with Gasteiger partial charge in [-0.1, -0.05) is 5.16 Å². The van der Waals surface area contributed by atoms with Gasteiger partial charge in [-0.15, -0.1) is 0 Å². The summed E-state index contributed by atoms with van der Waals surface area (Å²) in [5, 5.41) is 9.79. The molecular weight excluding hydrogens is 274 g/mol. The molecule has 2 aliphatic rings. The monoisotopic (exact) mass is 293 g/mol. The molecule has 0 bridgehead atoms. The SMILES string of the molecule is Cc1ccc(CNC(=O)OC2=NOC3(CCNCC3)C2)o1. The molecule has 2 N–H and O–H groups in total. The zero-order valence-corrected chi connectivity index (χ0v) is 12.0. The van der Waals surface area contributed by atoms with Crippen molar-refractivity contribution in [3.63, 3.8) is 0 Å². The van der Waals surface area contributed by atoms with Gasteiger partial charge in [0.05, 0.1) is 13.0 Å². The van der Waals surface area contributed by atoms with Gasteiger partial charge >= 0.3 is 6.09 Å². The Kier molecular flexibility index (Phi) is 3.83. The molecule has 3 heterocycles. The molecule has 0 unspecified atom stereocenters. The number of nitrogens with one attached hydrogen (secondary N) is 2. The maximum absolute atomic E-state index is 11.7. The predicted octanol–water partition coefficient (Wildman–Crippen LogP) is 1.67. The van der Waals surface area contributed by atoms with Gasteiger partial charge in [0.2, 0.25) is 5.90 Å². The van der Waals surface area contributed by atoms with Crippen molar-refractivity contribution in [1.82, 2.24) is 10.6 Å². The number of rotatable bonds is 2. The Morgan fingerprint density at radius 1 is 1.48 bits per heavy atom. The number of piperidine rings is 1. The first-order chi connectivity index (χ1) is 10.2. The molecule has 114 valence electrons. The summed E-state index contributed by atoms with van der Waals surface area (Å²) in [7, 11) is 0. The Labute approximate surface area is 122 Å². The third-order valence-corrected chi connectivity index (χ3v) is 3.74. The smallest absolute Gasteiger partial charge is 0.414 e. The van der Waals surface area contributed by atoms with Crippen LogP contribution in [0.25, 0.3) is 0 Å². The van der Waals surface area contributed by atoms with Crippen LogP contribution in [0, 0.1) is 6.92 Å². The third kappa shape index (κ3) is 3.36. The van der Waals surface area contributed by atoms with Crippen LogP contribution in [0.2, 0.25) is 0 Å². The number of furan rings is 1. The van der Waals surface area contributed by atoms with Crippen LogP contribution >= 0.6 is 0 Å². The molecule has 0 saturated carbocycles. The zero-order valence-electron chi connectivity index (χ0n) is 12.0. The largest absolute Gasteiger partial charge is 0.465 e. The lowest BCUT2D eigenvalue weighted by molar-refractivity contribution is -0.0400. The standard InChI is InChI=1S/C14H19N3O4/c1-10-2-3-11(19-10)9-16-13(18)20-12-8-14(21-17-12)4-6-15-7-5-14/h2-3,15H,4-9H2,1H3,(H,16,18). The van der Waals surface area contributed by atoms with Crippen molar-refractivity contribution in [3.05, 3.63) is 23.7 Å². The maximum Gasteiger partial charge on any atom is 0.414 e. The molecule has 7 nitrogen and oxygen atoms in total. The Hall–Kier alpha value is -2.02. The van der Waals surface area contributed by atoms with Crippen LogP contribution in [0.4, 0.5) is 4.79 Å². The average molecular weight is 293 g/mol. The molecule has 0 atom stereocenters. The number of nitrogens with zero attached hydrogens (tertiary/aromatic N) is 1.